The van der Waals surface area contributed by atoms with Gasteiger partial charge in [0, 0.05) is 21.2 Å². The van der Waals surface area contributed by atoms with Gasteiger partial charge in [-0.15, -0.1) is 0 Å². The number of hydrogen-bond donors (Lipinski definition) is 0. The molecule has 1 nitrogen and oxygen atoms in total. The lowest BCUT2D eigenvalue weighted by Crippen LogP contribution is -1.89. The molecule has 0 N–H and O–H groups in total. The Kier molecular flexibility index (Phi) is 4.29. The first-order valence-corrected chi connectivity index (χ1v) is 6.52. The molecule has 2 rings (SSSR count). The van der Waals surface area contributed by atoms with Crippen LogP contribution in [0.1, 0.15) is 0 Å². The summed E-state index contributed by atoms with van der Waals surface area (Å²) in [6.45, 7) is 0. The van der Waals surface area contributed by atoms with E-state index in [4.69, 9.17) is 51.1 Å². The summed E-state index contributed by atoms with van der Waals surface area (Å²) >= 11 is 24.1. The van der Waals surface area contributed by atoms with E-state index in [0.29, 0.717) is 31.4 Å². The third kappa shape index (κ3) is 2.70. The van der Waals surface area contributed by atoms with Gasteiger partial charge in [0.2, 0.25) is 0 Å². The molecule has 2 aromatic rings. The van der Waals surface area contributed by atoms with Crippen LogP contribution in [0.5, 0.6) is 5.75 Å². The second-order valence-corrected chi connectivity index (χ2v) is 5.25. The van der Waals surface area contributed by atoms with E-state index in [1.165, 1.54) is 0 Å². The van der Waals surface area contributed by atoms with Crippen molar-refractivity contribution in [1.82, 2.24) is 0 Å². The smallest absolute Gasteiger partial charge is 0.128 e. The lowest BCUT2D eigenvalue weighted by atomic mass is 10.0. The number of rotatable bonds is 2. The largest absolute Gasteiger partial charge is 0.496 e. The van der Waals surface area contributed by atoms with E-state index < -0.39 is 0 Å². The average molecular weight is 322 g/mol. The van der Waals surface area contributed by atoms with Gasteiger partial charge < -0.3 is 4.74 Å². The zero-order valence-corrected chi connectivity index (χ0v) is 12.3. The van der Waals surface area contributed by atoms with Gasteiger partial charge >= 0.3 is 0 Å². The van der Waals surface area contributed by atoms with Crippen LogP contribution < -0.4 is 4.74 Å². The summed E-state index contributed by atoms with van der Waals surface area (Å²) in [6.07, 6.45) is 0. The maximum Gasteiger partial charge on any atom is 0.128 e. The monoisotopic (exact) mass is 320 g/mol. The second kappa shape index (κ2) is 5.58. The van der Waals surface area contributed by atoms with E-state index in [2.05, 4.69) is 0 Å². The minimum absolute atomic E-state index is 0.399. The fourth-order valence-electron chi connectivity index (χ4n) is 1.64. The molecular weight excluding hydrogens is 314 g/mol. The highest BCUT2D eigenvalue weighted by Crippen LogP contribution is 2.41. The molecule has 0 fully saturated rings. The normalized spacial score (nSPS) is 10.5. The van der Waals surface area contributed by atoms with E-state index in [0.717, 1.165) is 5.56 Å². The van der Waals surface area contributed by atoms with E-state index in [9.17, 15) is 0 Å². The predicted molar refractivity (Wildman–Crippen MR) is 78.5 cm³/mol. The fraction of sp³-hybridized carbons (Fsp3) is 0.0769. The molecule has 0 aromatic heterocycles. The van der Waals surface area contributed by atoms with Gasteiger partial charge in [-0.25, -0.2) is 0 Å². The molecule has 0 saturated heterocycles. The summed E-state index contributed by atoms with van der Waals surface area (Å²) in [4.78, 5) is 0. The van der Waals surface area contributed by atoms with Crippen LogP contribution >= 0.6 is 46.4 Å². The number of hydrogen-bond acceptors (Lipinski definition) is 1. The molecule has 0 aliphatic heterocycles. The summed E-state index contributed by atoms with van der Waals surface area (Å²) in [6, 6.07) is 8.61. The molecule has 0 unspecified atom stereocenters. The quantitative estimate of drug-likeness (QED) is 0.618. The molecule has 0 saturated carbocycles. The molecule has 5 heteroatoms. The van der Waals surface area contributed by atoms with Gasteiger partial charge in [-0.1, -0.05) is 46.4 Å². The summed E-state index contributed by atoms with van der Waals surface area (Å²) in [5, 5.41) is 1.93. The Hall–Kier alpha value is -0.600. The van der Waals surface area contributed by atoms with Gasteiger partial charge in [0.15, 0.2) is 0 Å². The van der Waals surface area contributed by atoms with E-state index >= 15 is 0 Å². The second-order valence-electron chi connectivity index (χ2n) is 3.59. The predicted octanol–water partition coefficient (Wildman–Crippen LogP) is 5.98. The highest BCUT2D eigenvalue weighted by molar-refractivity contribution is 6.45. The van der Waals surface area contributed by atoms with Crippen LogP contribution in [0.25, 0.3) is 11.1 Å². The van der Waals surface area contributed by atoms with Crippen LogP contribution in [0.4, 0.5) is 0 Å². The highest BCUT2D eigenvalue weighted by atomic mass is 35.5. The maximum atomic E-state index is 6.19. The summed E-state index contributed by atoms with van der Waals surface area (Å²) in [5.74, 6) is 0.614. The summed E-state index contributed by atoms with van der Waals surface area (Å²) < 4.78 is 5.29. The number of halogens is 4. The SMILES string of the molecule is COc1cc(Cl)ccc1-c1cc(Cl)cc(Cl)c1Cl. The Bertz CT molecular complexity index is 596. The van der Waals surface area contributed by atoms with Crippen LogP contribution in [0.2, 0.25) is 20.1 Å². The van der Waals surface area contributed by atoms with Gasteiger partial charge in [0.25, 0.3) is 0 Å². The lowest BCUT2D eigenvalue weighted by Gasteiger charge is -2.12. The molecule has 0 aliphatic carbocycles. The van der Waals surface area contributed by atoms with Crippen LogP contribution in [0, 0.1) is 0 Å². The van der Waals surface area contributed by atoms with Crippen LogP contribution in [-0.4, -0.2) is 7.11 Å². The Morgan fingerprint density at radius 2 is 1.56 bits per heavy atom. The molecule has 0 bridgehead atoms. The minimum atomic E-state index is 0.399. The molecule has 94 valence electrons. The van der Waals surface area contributed by atoms with Gasteiger partial charge in [-0.05, 0) is 30.3 Å². The van der Waals surface area contributed by atoms with E-state index in [1.807, 2.05) is 6.07 Å². The van der Waals surface area contributed by atoms with Crippen LogP contribution in [0.3, 0.4) is 0 Å². The Morgan fingerprint density at radius 1 is 0.833 bits per heavy atom. The van der Waals surface area contributed by atoms with Crippen molar-refractivity contribution in [2.24, 2.45) is 0 Å². The molecule has 0 heterocycles. The zero-order valence-electron chi connectivity index (χ0n) is 9.31. The molecule has 0 radical (unpaired) electrons. The summed E-state index contributed by atoms with van der Waals surface area (Å²) in [5.41, 5.74) is 1.50. The van der Waals surface area contributed by atoms with Gasteiger partial charge in [0.1, 0.15) is 5.75 Å². The van der Waals surface area contributed by atoms with Crippen molar-refractivity contribution >= 4 is 46.4 Å². The van der Waals surface area contributed by atoms with Crippen LogP contribution in [0.15, 0.2) is 30.3 Å². The zero-order chi connectivity index (χ0) is 13.3. The third-order valence-electron chi connectivity index (χ3n) is 2.45. The topological polar surface area (TPSA) is 9.23 Å². The van der Waals surface area contributed by atoms with Crippen molar-refractivity contribution in [3.05, 3.63) is 50.4 Å². The average Bonchev–Trinajstić information content (AvgIpc) is 2.34. The van der Waals surface area contributed by atoms with Crippen molar-refractivity contribution in [2.45, 2.75) is 0 Å². The molecule has 0 amide bonds. The number of benzene rings is 2. The summed E-state index contributed by atoms with van der Waals surface area (Å²) in [7, 11) is 1.56. The molecule has 18 heavy (non-hydrogen) atoms. The van der Waals surface area contributed by atoms with Crippen molar-refractivity contribution in [2.75, 3.05) is 7.11 Å². The first-order chi connectivity index (χ1) is 8.52. The van der Waals surface area contributed by atoms with E-state index in [1.54, 1.807) is 31.4 Å². The van der Waals surface area contributed by atoms with Crippen LogP contribution in [-0.2, 0) is 0 Å². The maximum absolute atomic E-state index is 6.19. The molecule has 0 spiro atoms. The molecule has 2 aromatic carbocycles. The molecular formula is C13H8Cl4O. The van der Waals surface area contributed by atoms with Crippen molar-refractivity contribution in [1.29, 1.82) is 0 Å². The number of methoxy groups -OCH3 is 1. The highest BCUT2D eigenvalue weighted by Gasteiger charge is 2.13. The Morgan fingerprint density at radius 3 is 2.22 bits per heavy atom. The fourth-order valence-corrected chi connectivity index (χ4v) is 2.51. The number of ether oxygens (including phenoxy) is 1. The lowest BCUT2D eigenvalue weighted by molar-refractivity contribution is 0.416. The first-order valence-electron chi connectivity index (χ1n) is 5.01. The van der Waals surface area contributed by atoms with Gasteiger partial charge in [-0.2, -0.15) is 0 Å². The molecule has 0 atom stereocenters. The van der Waals surface area contributed by atoms with Crippen molar-refractivity contribution < 1.29 is 4.74 Å². The van der Waals surface area contributed by atoms with E-state index in [-0.39, 0.29) is 0 Å². The first kappa shape index (κ1) is 13.8. The van der Waals surface area contributed by atoms with Gasteiger partial charge in [-0.3, -0.25) is 0 Å². The Balaban J connectivity index is 2.69. The molecule has 0 aliphatic rings. The van der Waals surface area contributed by atoms with Gasteiger partial charge in [0.05, 0.1) is 17.2 Å². The standard InChI is InChI=1S/C13H8Cl4O/c1-18-12-6-7(14)2-3-9(12)10-4-8(15)5-11(16)13(10)17/h2-6H,1H3. The minimum Gasteiger partial charge on any atom is -0.496 e. The Labute approximate surface area is 125 Å². The van der Waals surface area contributed by atoms with Crippen molar-refractivity contribution in [3.8, 4) is 16.9 Å². The third-order valence-corrected chi connectivity index (χ3v) is 3.70. The van der Waals surface area contributed by atoms with Crippen molar-refractivity contribution in [3.63, 3.8) is 0 Å².